The highest BCUT2D eigenvalue weighted by Gasteiger charge is 2.41. The monoisotopic (exact) mass is 417 g/mol. The summed E-state index contributed by atoms with van der Waals surface area (Å²) < 4.78 is 0. The lowest BCUT2D eigenvalue weighted by Crippen LogP contribution is -2.55. The van der Waals surface area contributed by atoms with E-state index >= 15 is 0 Å². The molecule has 1 amide bonds. The van der Waals surface area contributed by atoms with E-state index in [0.717, 1.165) is 55.1 Å². The number of nitrogens with zero attached hydrogens (tertiary/aromatic N) is 1. The lowest BCUT2D eigenvalue weighted by atomic mass is 9.75. The van der Waals surface area contributed by atoms with E-state index in [4.69, 9.17) is 0 Å². The third-order valence-corrected chi connectivity index (χ3v) is 7.96. The van der Waals surface area contributed by atoms with E-state index in [-0.39, 0.29) is 11.9 Å². The van der Waals surface area contributed by atoms with Gasteiger partial charge in [0.15, 0.2) is 0 Å². The molecule has 5 rings (SSSR count). The molecule has 0 saturated carbocycles. The molecule has 0 bridgehead atoms. The number of piperidine rings is 2. The number of amides is 1. The van der Waals surface area contributed by atoms with E-state index in [1.807, 2.05) is 18.2 Å². The Morgan fingerprint density at radius 2 is 2.03 bits per heavy atom. The summed E-state index contributed by atoms with van der Waals surface area (Å²) >= 11 is 0. The van der Waals surface area contributed by atoms with E-state index in [0.29, 0.717) is 12.1 Å². The van der Waals surface area contributed by atoms with Gasteiger partial charge in [0.05, 0.1) is 6.04 Å². The fourth-order valence-electron chi connectivity index (χ4n) is 6.12. The van der Waals surface area contributed by atoms with E-state index in [1.165, 1.54) is 29.5 Å². The normalized spacial score (nSPS) is 26.4. The van der Waals surface area contributed by atoms with Crippen molar-refractivity contribution in [2.24, 2.45) is 5.92 Å². The second-order valence-corrected chi connectivity index (χ2v) is 9.83. The molecule has 3 aliphatic rings. The van der Waals surface area contributed by atoms with Gasteiger partial charge in [-0.2, -0.15) is 0 Å². The first-order chi connectivity index (χ1) is 15.0. The van der Waals surface area contributed by atoms with E-state index in [1.54, 1.807) is 0 Å². The van der Waals surface area contributed by atoms with Gasteiger partial charge in [0.25, 0.3) is 5.91 Å². The van der Waals surface area contributed by atoms with Crippen molar-refractivity contribution in [2.45, 2.75) is 64.6 Å². The van der Waals surface area contributed by atoms with Crippen molar-refractivity contribution in [2.75, 3.05) is 19.6 Å². The van der Waals surface area contributed by atoms with Gasteiger partial charge < -0.3 is 10.6 Å². The SMILES string of the molecule is Cc1cc2c(c(C(=O)NC(C)c3ccccc3)c1C)[C@H]1C[C@@H]3NCCC[C@@H]3CN1CC2. The van der Waals surface area contributed by atoms with Gasteiger partial charge in [-0.3, -0.25) is 9.69 Å². The van der Waals surface area contributed by atoms with Crippen molar-refractivity contribution in [1.82, 2.24) is 15.5 Å². The smallest absolute Gasteiger partial charge is 0.252 e. The van der Waals surface area contributed by atoms with Crippen molar-refractivity contribution in [3.05, 3.63) is 69.8 Å². The second kappa shape index (κ2) is 8.40. The second-order valence-electron chi connectivity index (χ2n) is 9.83. The summed E-state index contributed by atoms with van der Waals surface area (Å²) in [7, 11) is 0. The van der Waals surface area contributed by atoms with Crippen molar-refractivity contribution < 1.29 is 4.79 Å². The maximum Gasteiger partial charge on any atom is 0.252 e. The van der Waals surface area contributed by atoms with E-state index < -0.39 is 0 Å². The van der Waals surface area contributed by atoms with Crippen molar-refractivity contribution >= 4 is 5.91 Å². The molecule has 0 spiro atoms. The van der Waals surface area contributed by atoms with Crippen LogP contribution < -0.4 is 10.6 Å². The average molecular weight is 418 g/mol. The Bertz CT molecular complexity index is 970. The van der Waals surface area contributed by atoms with Crippen LogP contribution in [0.4, 0.5) is 0 Å². The molecule has 2 aromatic carbocycles. The Hall–Kier alpha value is -2.17. The van der Waals surface area contributed by atoms with Gasteiger partial charge in [-0.15, -0.1) is 0 Å². The van der Waals surface area contributed by atoms with Crippen molar-refractivity contribution in [1.29, 1.82) is 0 Å². The summed E-state index contributed by atoms with van der Waals surface area (Å²) in [6.07, 6.45) is 4.79. The molecule has 2 N–H and O–H groups in total. The molecule has 2 saturated heterocycles. The maximum atomic E-state index is 13.7. The van der Waals surface area contributed by atoms with Crippen molar-refractivity contribution in [3.63, 3.8) is 0 Å². The van der Waals surface area contributed by atoms with Crippen LogP contribution in [0.25, 0.3) is 0 Å². The number of carbonyl (C=O) groups is 1. The van der Waals surface area contributed by atoms with Crippen LogP contribution in [0.15, 0.2) is 36.4 Å². The van der Waals surface area contributed by atoms with Crippen molar-refractivity contribution in [3.8, 4) is 0 Å². The maximum absolute atomic E-state index is 13.7. The van der Waals surface area contributed by atoms with Gasteiger partial charge in [0.2, 0.25) is 0 Å². The standard InChI is InChI=1S/C27H35N3O/c1-17-14-21-11-13-30-16-22-10-7-12-28-23(22)15-24(30)26(21)25(18(17)2)27(31)29-19(3)20-8-5-4-6-9-20/h4-6,8-9,14,19,22-24,28H,7,10-13,15-16H2,1-3H3,(H,29,31)/t19?,22-,23+,24-/m1/s1. The van der Waals surface area contributed by atoms with Crippen LogP contribution in [0.5, 0.6) is 0 Å². The number of hydrogen-bond donors (Lipinski definition) is 2. The Balaban J connectivity index is 1.50. The Morgan fingerprint density at radius 3 is 2.84 bits per heavy atom. The van der Waals surface area contributed by atoms with Gasteiger partial charge in [-0.25, -0.2) is 0 Å². The minimum atomic E-state index is -0.0142. The summed E-state index contributed by atoms with van der Waals surface area (Å²) in [5, 5.41) is 7.10. The minimum absolute atomic E-state index is 0.0142. The molecular weight excluding hydrogens is 382 g/mol. The van der Waals surface area contributed by atoms with Crippen LogP contribution in [0, 0.1) is 19.8 Å². The van der Waals surface area contributed by atoms with Gasteiger partial charge >= 0.3 is 0 Å². The van der Waals surface area contributed by atoms with E-state index in [2.05, 4.69) is 54.5 Å². The van der Waals surface area contributed by atoms with Gasteiger partial charge in [-0.05, 0) is 86.7 Å². The first-order valence-electron chi connectivity index (χ1n) is 12.0. The largest absolute Gasteiger partial charge is 0.346 e. The number of carbonyl (C=O) groups excluding carboxylic acids is 1. The third kappa shape index (κ3) is 3.81. The number of hydrogen-bond acceptors (Lipinski definition) is 3. The zero-order valence-electron chi connectivity index (χ0n) is 19.1. The lowest BCUT2D eigenvalue weighted by molar-refractivity contribution is 0.0542. The Kier molecular flexibility index (Phi) is 5.61. The third-order valence-electron chi connectivity index (χ3n) is 7.96. The van der Waals surface area contributed by atoms with Crippen LogP contribution in [0.1, 0.15) is 76.4 Å². The van der Waals surface area contributed by atoms with Crippen LogP contribution >= 0.6 is 0 Å². The van der Waals surface area contributed by atoms with Crippen LogP contribution in [0.2, 0.25) is 0 Å². The molecule has 1 unspecified atom stereocenters. The summed E-state index contributed by atoms with van der Waals surface area (Å²) in [6.45, 7) is 9.77. The van der Waals surface area contributed by atoms with Gasteiger partial charge in [0, 0.05) is 30.7 Å². The fourth-order valence-corrected chi connectivity index (χ4v) is 6.12. The fraction of sp³-hybridized carbons (Fsp3) is 0.519. The summed E-state index contributed by atoms with van der Waals surface area (Å²) in [6, 6.07) is 13.5. The molecule has 4 heteroatoms. The van der Waals surface area contributed by atoms with Gasteiger partial charge in [0.1, 0.15) is 0 Å². The molecule has 31 heavy (non-hydrogen) atoms. The summed E-state index contributed by atoms with van der Waals surface area (Å²) in [5.74, 6) is 0.836. The van der Waals surface area contributed by atoms with Crippen LogP contribution in [0.3, 0.4) is 0 Å². The number of nitrogens with one attached hydrogen (secondary N) is 2. The zero-order chi connectivity index (χ0) is 21.5. The number of benzene rings is 2. The number of fused-ring (bicyclic) bond motifs is 4. The molecule has 0 aliphatic carbocycles. The zero-order valence-corrected chi connectivity index (χ0v) is 19.1. The minimum Gasteiger partial charge on any atom is -0.346 e. The van der Waals surface area contributed by atoms with E-state index in [9.17, 15) is 4.79 Å². The number of aryl methyl sites for hydroxylation is 1. The lowest BCUT2D eigenvalue weighted by Gasteiger charge is -2.49. The molecule has 164 valence electrons. The highest BCUT2D eigenvalue weighted by molar-refractivity contribution is 5.98. The first-order valence-corrected chi connectivity index (χ1v) is 12.0. The predicted octanol–water partition coefficient (Wildman–Crippen LogP) is 4.47. The molecular formula is C27H35N3O. The highest BCUT2D eigenvalue weighted by atomic mass is 16.1. The van der Waals surface area contributed by atoms with Gasteiger partial charge in [-0.1, -0.05) is 36.4 Å². The molecule has 2 aromatic rings. The summed E-state index contributed by atoms with van der Waals surface area (Å²) in [4.78, 5) is 16.4. The molecule has 4 atom stereocenters. The number of rotatable bonds is 3. The molecule has 3 heterocycles. The topological polar surface area (TPSA) is 44.4 Å². The highest BCUT2D eigenvalue weighted by Crippen LogP contribution is 2.43. The summed E-state index contributed by atoms with van der Waals surface area (Å²) in [5.41, 5.74) is 7.13. The average Bonchev–Trinajstić information content (AvgIpc) is 2.79. The quantitative estimate of drug-likeness (QED) is 0.775. The Labute approximate surface area is 186 Å². The first kappa shape index (κ1) is 20.7. The van der Waals surface area contributed by atoms with Crippen LogP contribution in [-0.2, 0) is 6.42 Å². The van der Waals surface area contributed by atoms with Crippen LogP contribution in [-0.4, -0.2) is 36.5 Å². The molecule has 4 nitrogen and oxygen atoms in total. The molecule has 0 radical (unpaired) electrons. The molecule has 2 fully saturated rings. The predicted molar refractivity (Wildman–Crippen MR) is 125 cm³/mol. The Morgan fingerprint density at radius 1 is 1.23 bits per heavy atom. The molecule has 3 aliphatic heterocycles. The molecule has 0 aromatic heterocycles.